The lowest BCUT2D eigenvalue weighted by atomic mass is 9.99. The van der Waals surface area contributed by atoms with Gasteiger partial charge in [0.25, 0.3) is 0 Å². The van der Waals surface area contributed by atoms with Gasteiger partial charge in [-0.15, -0.1) is 0 Å². The minimum absolute atomic E-state index is 0.183. The number of nitrogens with two attached hydrogens (primary N) is 1. The first-order chi connectivity index (χ1) is 9.02. The summed E-state index contributed by atoms with van der Waals surface area (Å²) in [5.74, 6) is 3.59. The molecule has 0 heterocycles. The maximum Gasteiger partial charge on any atom is 0.137 e. The lowest BCUT2D eigenvalue weighted by molar-refractivity contribution is 0.540. The number of hydrazine groups is 1. The van der Waals surface area contributed by atoms with Crippen LogP contribution >= 0.6 is 15.9 Å². The first-order valence-electron chi connectivity index (χ1n) is 5.39. The second-order valence-electron chi connectivity index (χ2n) is 3.94. The normalized spacial score (nSPS) is 12.5. The Morgan fingerprint density at radius 1 is 1.00 bits per heavy atom. The average Bonchev–Trinajstić information content (AvgIpc) is 2.37. The molecule has 2 rings (SSSR count). The van der Waals surface area contributed by atoms with Crippen molar-refractivity contribution in [3.8, 4) is 0 Å². The van der Waals surface area contributed by atoms with Gasteiger partial charge in [-0.2, -0.15) is 0 Å². The molecule has 0 amide bonds. The van der Waals surface area contributed by atoms with E-state index < -0.39 is 23.5 Å². The molecule has 0 aliphatic rings. The summed E-state index contributed by atoms with van der Waals surface area (Å²) >= 11 is 3.05. The van der Waals surface area contributed by atoms with Gasteiger partial charge in [0.1, 0.15) is 17.5 Å². The number of benzene rings is 2. The predicted molar refractivity (Wildman–Crippen MR) is 69.6 cm³/mol. The zero-order valence-corrected chi connectivity index (χ0v) is 11.2. The molecule has 2 aromatic rings. The van der Waals surface area contributed by atoms with Crippen LogP contribution < -0.4 is 11.3 Å². The van der Waals surface area contributed by atoms with Gasteiger partial charge in [0.05, 0.1) is 10.5 Å². The van der Waals surface area contributed by atoms with Gasteiger partial charge in [-0.05, 0) is 39.7 Å². The van der Waals surface area contributed by atoms with Crippen LogP contribution in [0.5, 0.6) is 0 Å². The SMILES string of the molecule is NNC(c1ccc(F)c(Br)c1)c1ccc(F)cc1F. The third-order valence-electron chi connectivity index (χ3n) is 2.72. The van der Waals surface area contributed by atoms with Crippen molar-refractivity contribution in [1.82, 2.24) is 5.43 Å². The van der Waals surface area contributed by atoms with Gasteiger partial charge < -0.3 is 0 Å². The zero-order chi connectivity index (χ0) is 14.0. The van der Waals surface area contributed by atoms with Gasteiger partial charge in [-0.25, -0.2) is 18.6 Å². The fraction of sp³-hybridized carbons (Fsp3) is 0.0769. The Kier molecular flexibility index (Phi) is 4.24. The highest BCUT2D eigenvalue weighted by Crippen LogP contribution is 2.27. The Hall–Kier alpha value is -1.37. The van der Waals surface area contributed by atoms with E-state index in [0.29, 0.717) is 5.56 Å². The van der Waals surface area contributed by atoms with Crippen molar-refractivity contribution in [2.75, 3.05) is 0 Å². The summed E-state index contributed by atoms with van der Waals surface area (Å²) < 4.78 is 40.0. The minimum atomic E-state index is -0.719. The first kappa shape index (κ1) is 14.0. The summed E-state index contributed by atoms with van der Waals surface area (Å²) in [7, 11) is 0. The number of hydrogen-bond donors (Lipinski definition) is 2. The van der Waals surface area contributed by atoms with E-state index in [9.17, 15) is 13.2 Å². The zero-order valence-electron chi connectivity index (χ0n) is 9.63. The highest BCUT2D eigenvalue weighted by Gasteiger charge is 2.18. The van der Waals surface area contributed by atoms with E-state index in [1.165, 1.54) is 24.3 Å². The third-order valence-corrected chi connectivity index (χ3v) is 3.32. The van der Waals surface area contributed by atoms with E-state index in [1.807, 2.05) is 0 Å². The number of rotatable bonds is 3. The van der Waals surface area contributed by atoms with E-state index in [4.69, 9.17) is 5.84 Å². The molecule has 1 atom stereocenters. The molecule has 0 aliphatic carbocycles. The molecule has 6 heteroatoms. The average molecular weight is 331 g/mol. The second-order valence-corrected chi connectivity index (χ2v) is 4.79. The van der Waals surface area contributed by atoms with Crippen molar-refractivity contribution < 1.29 is 13.2 Å². The Bertz CT molecular complexity index is 604. The summed E-state index contributed by atoms with van der Waals surface area (Å²) in [6.45, 7) is 0. The number of nitrogens with one attached hydrogen (secondary N) is 1. The van der Waals surface area contributed by atoms with Crippen molar-refractivity contribution >= 4 is 15.9 Å². The maximum atomic E-state index is 13.7. The van der Waals surface area contributed by atoms with Crippen LogP contribution in [0, 0.1) is 17.5 Å². The van der Waals surface area contributed by atoms with Gasteiger partial charge in [-0.1, -0.05) is 12.1 Å². The Morgan fingerprint density at radius 3 is 2.32 bits per heavy atom. The molecule has 0 radical (unpaired) electrons. The quantitative estimate of drug-likeness (QED) is 0.668. The molecule has 0 aliphatic heterocycles. The summed E-state index contributed by atoms with van der Waals surface area (Å²) in [4.78, 5) is 0. The predicted octanol–water partition coefficient (Wildman–Crippen LogP) is 3.42. The lowest BCUT2D eigenvalue weighted by Gasteiger charge is -2.18. The highest BCUT2D eigenvalue weighted by molar-refractivity contribution is 9.10. The summed E-state index contributed by atoms with van der Waals surface area (Å²) in [6.07, 6.45) is 0. The van der Waals surface area contributed by atoms with Gasteiger partial charge in [0.15, 0.2) is 0 Å². The van der Waals surface area contributed by atoms with Crippen LogP contribution in [0.4, 0.5) is 13.2 Å². The van der Waals surface area contributed by atoms with Crippen molar-refractivity contribution in [1.29, 1.82) is 0 Å². The van der Waals surface area contributed by atoms with Crippen LogP contribution in [0.15, 0.2) is 40.9 Å². The molecule has 1 unspecified atom stereocenters. The maximum absolute atomic E-state index is 13.7. The first-order valence-corrected chi connectivity index (χ1v) is 6.18. The van der Waals surface area contributed by atoms with E-state index in [-0.39, 0.29) is 10.0 Å². The molecular weight excluding hydrogens is 321 g/mol. The molecule has 0 spiro atoms. The second kappa shape index (κ2) is 5.73. The van der Waals surface area contributed by atoms with Crippen LogP contribution in [-0.4, -0.2) is 0 Å². The fourth-order valence-electron chi connectivity index (χ4n) is 1.79. The van der Waals surface area contributed by atoms with Gasteiger partial charge in [-0.3, -0.25) is 5.84 Å². The van der Waals surface area contributed by atoms with Crippen molar-refractivity contribution in [3.05, 3.63) is 69.4 Å². The van der Waals surface area contributed by atoms with Crippen molar-refractivity contribution in [3.63, 3.8) is 0 Å². The molecule has 100 valence electrons. The van der Waals surface area contributed by atoms with E-state index >= 15 is 0 Å². The van der Waals surface area contributed by atoms with Crippen LogP contribution in [0.1, 0.15) is 17.2 Å². The smallest absolute Gasteiger partial charge is 0.137 e. The van der Waals surface area contributed by atoms with E-state index in [1.54, 1.807) is 0 Å². The molecule has 0 saturated carbocycles. The Labute approximate surface area is 116 Å². The fourth-order valence-corrected chi connectivity index (χ4v) is 2.19. The van der Waals surface area contributed by atoms with Gasteiger partial charge in [0, 0.05) is 11.6 Å². The van der Waals surface area contributed by atoms with Crippen LogP contribution in [0.2, 0.25) is 0 Å². The van der Waals surface area contributed by atoms with E-state index in [0.717, 1.165) is 12.1 Å². The minimum Gasteiger partial charge on any atom is -0.271 e. The Balaban J connectivity index is 2.46. The molecule has 0 bridgehead atoms. The molecule has 3 N–H and O–H groups in total. The monoisotopic (exact) mass is 330 g/mol. The van der Waals surface area contributed by atoms with Crippen LogP contribution in [0.3, 0.4) is 0 Å². The molecule has 0 aromatic heterocycles. The third kappa shape index (κ3) is 2.97. The topological polar surface area (TPSA) is 38.0 Å². The molecule has 0 saturated heterocycles. The van der Waals surface area contributed by atoms with E-state index in [2.05, 4.69) is 21.4 Å². The summed E-state index contributed by atoms with van der Waals surface area (Å²) in [5.41, 5.74) is 3.18. The number of hydrogen-bond acceptors (Lipinski definition) is 2. The van der Waals surface area contributed by atoms with Crippen molar-refractivity contribution in [2.45, 2.75) is 6.04 Å². The molecular formula is C13H10BrF3N2. The Morgan fingerprint density at radius 2 is 1.74 bits per heavy atom. The van der Waals surface area contributed by atoms with Crippen molar-refractivity contribution in [2.24, 2.45) is 5.84 Å². The lowest BCUT2D eigenvalue weighted by Crippen LogP contribution is -2.29. The summed E-state index contributed by atoms with van der Waals surface area (Å²) in [6, 6.07) is 6.73. The van der Waals surface area contributed by atoms with Crippen LogP contribution in [-0.2, 0) is 0 Å². The van der Waals surface area contributed by atoms with Gasteiger partial charge >= 0.3 is 0 Å². The molecule has 19 heavy (non-hydrogen) atoms. The molecule has 2 nitrogen and oxygen atoms in total. The highest BCUT2D eigenvalue weighted by atomic mass is 79.9. The standard InChI is InChI=1S/C13H10BrF3N2/c14-10-5-7(1-4-11(10)16)13(19-18)9-3-2-8(15)6-12(9)17/h1-6,13,19H,18H2. The van der Waals surface area contributed by atoms with Crippen LogP contribution in [0.25, 0.3) is 0 Å². The summed E-state index contributed by atoms with van der Waals surface area (Å²) in [5, 5.41) is 0. The number of halogens is 4. The largest absolute Gasteiger partial charge is 0.271 e. The molecule has 2 aromatic carbocycles. The van der Waals surface area contributed by atoms with Gasteiger partial charge in [0.2, 0.25) is 0 Å². The molecule has 0 fully saturated rings.